The zero-order valence-corrected chi connectivity index (χ0v) is 30.7. The van der Waals surface area contributed by atoms with Gasteiger partial charge in [-0.2, -0.15) is 0 Å². The molecule has 2 aromatic rings. The molecule has 52 heavy (non-hydrogen) atoms. The molecule has 2 fully saturated rings. The van der Waals surface area contributed by atoms with Crippen molar-refractivity contribution >= 4 is 11.8 Å². The van der Waals surface area contributed by atoms with Crippen LogP contribution >= 0.6 is 0 Å². The molecule has 6 rings (SSSR count). The van der Waals surface area contributed by atoms with Gasteiger partial charge in [0.15, 0.2) is 0 Å². The Morgan fingerprint density at radius 2 is 1.87 bits per heavy atom. The number of unbranched alkanes of at least 4 members (excludes halogenated alkanes) is 2. The number of allylic oxidation sites excluding steroid dienone is 1. The Hall–Kier alpha value is -3.90. The summed E-state index contributed by atoms with van der Waals surface area (Å²) in [5, 5.41) is 24.1. The van der Waals surface area contributed by atoms with Crippen LogP contribution in [0, 0.1) is 17.8 Å². The van der Waals surface area contributed by atoms with Crippen LogP contribution < -0.4 is 9.47 Å². The van der Waals surface area contributed by atoms with E-state index in [4.69, 9.17) is 23.8 Å². The number of aliphatic hydroxyl groups excluding tert-OH is 2. The summed E-state index contributed by atoms with van der Waals surface area (Å²) in [6.45, 7) is 8.26. The zero-order chi connectivity index (χ0) is 36.5. The minimum atomic E-state index is -1.32. The number of amides is 1. The number of oxime groups is 1. The second kappa shape index (κ2) is 17.7. The minimum absolute atomic E-state index is 0.110. The first kappa shape index (κ1) is 37.8. The first-order chi connectivity index (χ1) is 25.4. The lowest BCUT2D eigenvalue weighted by Crippen LogP contribution is -2.69. The largest absolute Gasteiger partial charge is 0.492 e. The first-order valence-electron chi connectivity index (χ1n) is 18.8. The number of likely N-dealkylation sites (N-methyl/N-ethyl adjacent to an activating group) is 1. The molecule has 0 unspecified atom stereocenters. The van der Waals surface area contributed by atoms with E-state index in [2.05, 4.69) is 28.8 Å². The summed E-state index contributed by atoms with van der Waals surface area (Å²) in [6, 6.07) is 15.0. The van der Waals surface area contributed by atoms with E-state index in [9.17, 15) is 15.0 Å². The molecular formula is C41H55N3O8. The summed E-state index contributed by atoms with van der Waals surface area (Å²) >= 11 is 0. The number of ether oxygens (including phenoxy) is 4. The molecule has 1 amide bonds. The lowest BCUT2D eigenvalue weighted by Gasteiger charge is -2.59. The number of rotatable bonds is 19. The number of aliphatic hydroxyl groups is 2. The molecule has 2 aliphatic heterocycles. The molecule has 11 nitrogen and oxygen atoms in total. The van der Waals surface area contributed by atoms with Crippen molar-refractivity contribution in [3.63, 3.8) is 0 Å². The third-order valence-corrected chi connectivity index (χ3v) is 11.0. The number of carbonyl (C=O) groups is 1. The monoisotopic (exact) mass is 717 g/mol. The van der Waals surface area contributed by atoms with Crippen molar-refractivity contribution in [1.82, 2.24) is 9.80 Å². The first-order valence-corrected chi connectivity index (χ1v) is 18.8. The van der Waals surface area contributed by atoms with Gasteiger partial charge in [-0.05, 0) is 66.9 Å². The SMILES string of the molecule is C=CCO[C@@]12Oc3ccc(OCCN4CC4)cc3[C@H]3[C@H](CCCCO)[C@@H](CCCCO)C=C(C(=NOC)C[C@@H]1N(C)C(=O)OCc1ccccc1)[C@H]32. The van der Waals surface area contributed by atoms with Gasteiger partial charge in [-0.3, -0.25) is 4.90 Å². The number of nitrogens with zero attached hydrogens (tertiary/aromatic N) is 3. The maximum absolute atomic E-state index is 13.9. The van der Waals surface area contributed by atoms with Crippen LogP contribution in [0.25, 0.3) is 0 Å². The van der Waals surface area contributed by atoms with Gasteiger partial charge in [-0.15, -0.1) is 6.58 Å². The molecule has 0 bridgehead atoms. The van der Waals surface area contributed by atoms with Gasteiger partial charge in [0.2, 0.25) is 5.79 Å². The third-order valence-electron chi connectivity index (χ3n) is 11.0. The van der Waals surface area contributed by atoms with Crippen molar-refractivity contribution < 1.29 is 38.8 Å². The van der Waals surface area contributed by atoms with Crippen LogP contribution in [0.1, 0.15) is 62.0 Å². The van der Waals surface area contributed by atoms with Crippen LogP contribution in [0.4, 0.5) is 4.79 Å². The van der Waals surface area contributed by atoms with Crippen molar-refractivity contribution in [2.45, 2.75) is 69.3 Å². The van der Waals surface area contributed by atoms with Crippen molar-refractivity contribution in [3.05, 3.63) is 84.0 Å². The quantitative estimate of drug-likeness (QED) is 0.0791. The molecule has 0 spiro atoms. The highest BCUT2D eigenvalue weighted by atomic mass is 16.7. The average Bonchev–Trinajstić information content (AvgIpc) is 3.99. The molecule has 1 saturated carbocycles. The zero-order valence-electron chi connectivity index (χ0n) is 30.7. The second-order valence-electron chi connectivity index (χ2n) is 14.3. The predicted molar refractivity (Wildman–Crippen MR) is 198 cm³/mol. The molecule has 1 saturated heterocycles. The Balaban J connectivity index is 1.47. The Morgan fingerprint density at radius 3 is 2.58 bits per heavy atom. The summed E-state index contributed by atoms with van der Waals surface area (Å²) < 4.78 is 26.2. The Kier molecular flexibility index (Phi) is 12.9. The van der Waals surface area contributed by atoms with Crippen LogP contribution in [-0.4, -0.2) is 104 Å². The van der Waals surface area contributed by atoms with E-state index < -0.39 is 17.9 Å². The van der Waals surface area contributed by atoms with Crippen molar-refractivity contribution in [3.8, 4) is 11.5 Å². The molecule has 0 aromatic heterocycles. The highest BCUT2D eigenvalue weighted by molar-refractivity contribution is 6.02. The fourth-order valence-electron chi connectivity index (χ4n) is 8.46. The molecule has 6 atom stereocenters. The van der Waals surface area contributed by atoms with Gasteiger partial charge in [0.25, 0.3) is 0 Å². The van der Waals surface area contributed by atoms with Gasteiger partial charge >= 0.3 is 6.09 Å². The van der Waals surface area contributed by atoms with Crippen LogP contribution in [-0.2, 0) is 20.9 Å². The smallest absolute Gasteiger partial charge is 0.410 e. The van der Waals surface area contributed by atoms with E-state index in [1.54, 1.807) is 25.1 Å². The molecule has 2 heterocycles. The van der Waals surface area contributed by atoms with Crippen LogP contribution in [0.2, 0.25) is 0 Å². The predicted octanol–water partition coefficient (Wildman–Crippen LogP) is 5.91. The molecule has 2 N–H and O–H groups in total. The molecule has 11 heteroatoms. The van der Waals surface area contributed by atoms with Crippen LogP contribution in [0.5, 0.6) is 11.5 Å². The molecule has 2 aliphatic carbocycles. The highest BCUT2D eigenvalue weighted by Gasteiger charge is 2.65. The maximum Gasteiger partial charge on any atom is 0.410 e. The second-order valence-corrected chi connectivity index (χ2v) is 14.3. The van der Waals surface area contributed by atoms with Gasteiger partial charge < -0.3 is 38.9 Å². The standard InChI is InChI=1S/C41H55N3O8/c1-4-23-51-41-37(43(2)40(47)50-28-29-12-6-5-7-13-29)27-35(42-48-3)33-25-30(14-8-10-21-45)32(15-9-11-22-46)38(39(33)41)34-26-31(16-17-36(34)52-41)49-24-20-44-18-19-44/h4-7,12-13,16-17,25-26,30,32,37-39,45-46H,1,8-11,14-15,18-24,27-28H2,2-3H3/t30-,32+,37-,38+,39+,41+/m0/s1. The Labute approximate surface area is 307 Å². The third kappa shape index (κ3) is 8.33. The average molecular weight is 718 g/mol. The fraction of sp³-hybridized carbons (Fsp3) is 0.561. The number of hydrogen-bond acceptors (Lipinski definition) is 10. The molecular weight excluding hydrogens is 662 g/mol. The number of carbonyl (C=O) groups excluding carboxylic acids is 1. The maximum atomic E-state index is 13.9. The van der Waals surface area contributed by atoms with E-state index >= 15 is 0 Å². The molecule has 282 valence electrons. The lowest BCUT2D eigenvalue weighted by molar-refractivity contribution is -0.253. The number of benzene rings is 2. The van der Waals surface area contributed by atoms with Crippen molar-refractivity contribution in [2.24, 2.45) is 22.9 Å². The van der Waals surface area contributed by atoms with Gasteiger partial charge in [0.1, 0.15) is 37.9 Å². The van der Waals surface area contributed by atoms with Crippen molar-refractivity contribution in [1.29, 1.82) is 0 Å². The van der Waals surface area contributed by atoms with Crippen LogP contribution in [0.15, 0.2) is 78.0 Å². The molecule has 4 aliphatic rings. The summed E-state index contributed by atoms with van der Waals surface area (Å²) in [4.78, 5) is 23.3. The molecule has 2 aromatic carbocycles. The number of hydrogen-bond donors (Lipinski definition) is 2. The Morgan fingerprint density at radius 1 is 1.10 bits per heavy atom. The van der Waals surface area contributed by atoms with E-state index in [1.165, 1.54) is 0 Å². The Bertz CT molecular complexity index is 1560. The van der Waals surface area contributed by atoms with Gasteiger partial charge in [-0.25, -0.2) is 4.79 Å². The summed E-state index contributed by atoms with van der Waals surface area (Å²) in [5.74, 6) is -0.0423. The molecule has 0 radical (unpaired) electrons. The number of fused-ring (bicyclic) bond motifs is 2. The minimum Gasteiger partial charge on any atom is -0.492 e. The summed E-state index contributed by atoms with van der Waals surface area (Å²) in [5.41, 5.74) is 3.65. The fourth-order valence-corrected chi connectivity index (χ4v) is 8.46. The van der Waals surface area contributed by atoms with Gasteiger partial charge in [-0.1, -0.05) is 60.5 Å². The summed E-state index contributed by atoms with van der Waals surface area (Å²) in [6.07, 6.45) is 8.73. The van der Waals surface area contributed by atoms with E-state index in [0.29, 0.717) is 25.2 Å². The van der Waals surface area contributed by atoms with Crippen LogP contribution in [0.3, 0.4) is 0 Å². The van der Waals surface area contributed by atoms with E-state index in [0.717, 1.165) is 79.9 Å². The summed E-state index contributed by atoms with van der Waals surface area (Å²) in [7, 11) is 3.28. The van der Waals surface area contributed by atoms with Gasteiger partial charge in [0.05, 0.1) is 18.2 Å². The van der Waals surface area contributed by atoms with E-state index in [-0.39, 0.29) is 50.1 Å². The topological polar surface area (TPSA) is 122 Å². The highest BCUT2D eigenvalue weighted by Crippen LogP contribution is 2.61. The van der Waals surface area contributed by atoms with E-state index in [1.807, 2.05) is 42.5 Å². The van der Waals surface area contributed by atoms with Crippen molar-refractivity contribution in [2.75, 3.05) is 60.2 Å². The normalized spacial score (nSPS) is 26.7. The van der Waals surface area contributed by atoms with Gasteiger partial charge in [0, 0.05) is 57.8 Å². The lowest BCUT2D eigenvalue weighted by atomic mass is 9.55.